The first-order valence-electron chi connectivity index (χ1n) is 5.45. The van der Waals surface area contributed by atoms with E-state index < -0.39 is 0 Å². The maximum absolute atomic E-state index is 11.9. The molecule has 3 rings (SSSR count). The van der Waals surface area contributed by atoms with Gasteiger partial charge in [-0.1, -0.05) is 0 Å². The average molecular weight is 190 g/mol. The summed E-state index contributed by atoms with van der Waals surface area (Å²) in [5.74, 6) is 1.30. The predicted molar refractivity (Wildman–Crippen MR) is 52.2 cm³/mol. The van der Waals surface area contributed by atoms with E-state index in [0.29, 0.717) is 5.92 Å². The van der Waals surface area contributed by atoms with Gasteiger partial charge in [0.1, 0.15) is 0 Å². The topological polar surface area (TPSA) is 34.9 Å². The lowest BCUT2D eigenvalue weighted by Crippen LogP contribution is -2.17. The van der Waals surface area contributed by atoms with Gasteiger partial charge in [0.15, 0.2) is 5.82 Å². The molecule has 0 unspecified atom stereocenters. The van der Waals surface area contributed by atoms with Crippen LogP contribution in [-0.4, -0.2) is 15.3 Å². The highest BCUT2D eigenvalue weighted by Crippen LogP contribution is 2.33. The Morgan fingerprint density at radius 3 is 3.07 bits per heavy atom. The van der Waals surface area contributed by atoms with Crippen molar-refractivity contribution in [1.29, 1.82) is 0 Å². The first kappa shape index (κ1) is 8.21. The maximum atomic E-state index is 11.9. The Morgan fingerprint density at radius 2 is 2.29 bits per heavy atom. The van der Waals surface area contributed by atoms with E-state index in [2.05, 4.69) is 9.55 Å². The summed E-state index contributed by atoms with van der Waals surface area (Å²) in [7, 11) is 0. The second kappa shape index (κ2) is 2.94. The third kappa shape index (κ3) is 1.19. The Bertz CT molecular complexity index is 377. The Kier molecular flexibility index (Phi) is 1.72. The fraction of sp³-hybridized carbons (Fsp3) is 0.636. The second-order valence-corrected chi connectivity index (χ2v) is 4.32. The van der Waals surface area contributed by atoms with Gasteiger partial charge in [0, 0.05) is 24.4 Å². The van der Waals surface area contributed by atoms with Crippen molar-refractivity contribution in [3.8, 4) is 0 Å². The molecule has 0 aromatic carbocycles. The highest BCUT2D eigenvalue weighted by Gasteiger charge is 2.33. The number of aryl methyl sites for hydroxylation is 1. The van der Waals surface area contributed by atoms with Gasteiger partial charge in [-0.2, -0.15) is 0 Å². The Hall–Kier alpha value is -1.12. The molecule has 0 radical (unpaired) electrons. The van der Waals surface area contributed by atoms with E-state index in [9.17, 15) is 4.79 Å². The Balaban J connectivity index is 1.96. The number of ketones is 1. The number of carbonyl (C=O) groups is 1. The highest BCUT2D eigenvalue weighted by molar-refractivity contribution is 5.96. The zero-order chi connectivity index (χ0) is 9.54. The van der Waals surface area contributed by atoms with E-state index in [-0.39, 0.29) is 5.78 Å². The van der Waals surface area contributed by atoms with Gasteiger partial charge in [-0.15, -0.1) is 0 Å². The van der Waals surface area contributed by atoms with Gasteiger partial charge in [0.2, 0.25) is 5.78 Å². The summed E-state index contributed by atoms with van der Waals surface area (Å²) in [6.45, 7) is 0.989. The average Bonchev–Trinajstić information content (AvgIpc) is 2.97. The van der Waals surface area contributed by atoms with Crippen molar-refractivity contribution in [3.63, 3.8) is 0 Å². The van der Waals surface area contributed by atoms with Gasteiger partial charge in [0.05, 0.1) is 0 Å². The van der Waals surface area contributed by atoms with Gasteiger partial charge < -0.3 is 4.57 Å². The van der Waals surface area contributed by atoms with Crippen molar-refractivity contribution in [3.05, 3.63) is 17.7 Å². The van der Waals surface area contributed by atoms with E-state index in [1.807, 2.05) is 6.20 Å². The lowest BCUT2D eigenvalue weighted by Gasteiger charge is -2.15. The van der Waals surface area contributed by atoms with Crippen molar-refractivity contribution in [1.82, 2.24) is 9.55 Å². The molecule has 0 spiro atoms. The van der Waals surface area contributed by atoms with Gasteiger partial charge in [-0.05, 0) is 32.1 Å². The van der Waals surface area contributed by atoms with Crippen molar-refractivity contribution in [2.24, 2.45) is 5.92 Å². The van der Waals surface area contributed by atoms with E-state index in [0.717, 1.165) is 31.6 Å². The van der Waals surface area contributed by atoms with Crippen LogP contribution >= 0.6 is 0 Å². The summed E-state index contributed by atoms with van der Waals surface area (Å²) in [5.41, 5.74) is 1.25. The molecule has 1 aliphatic heterocycles. The molecule has 14 heavy (non-hydrogen) atoms. The molecule has 1 aromatic heterocycles. The summed E-state index contributed by atoms with van der Waals surface area (Å²) in [5, 5.41) is 0. The van der Waals surface area contributed by atoms with Crippen molar-refractivity contribution < 1.29 is 4.79 Å². The molecule has 74 valence electrons. The lowest BCUT2D eigenvalue weighted by atomic mass is 10.1. The standard InChI is InChI=1S/C11H14N2O/c14-10(8-4-5-8)11-12-7-9-3-1-2-6-13(9)11/h7-8H,1-6H2. The first-order valence-corrected chi connectivity index (χ1v) is 5.45. The van der Waals surface area contributed by atoms with Gasteiger partial charge in [0.25, 0.3) is 0 Å². The van der Waals surface area contributed by atoms with Crippen LogP contribution in [0.2, 0.25) is 0 Å². The van der Waals surface area contributed by atoms with Crippen molar-refractivity contribution >= 4 is 5.78 Å². The van der Waals surface area contributed by atoms with Crippen LogP contribution in [0.1, 0.15) is 42.0 Å². The second-order valence-electron chi connectivity index (χ2n) is 4.32. The van der Waals surface area contributed by atoms with Gasteiger partial charge in [-0.3, -0.25) is 4.79 Å². The molecule has 1 fully saturated rings. The number of nitrogens with zero attached hydrogens (tertiary/aromatic N) is 2. The largest absolute Gasteiger partial charge is 0.326 e. The molecular formula is C11H14N2O. The van der Waals surface area contributed by atoms with Crippen LogP contribution in [-0.2, 0) is 13.0 Å². The molecule has 1 aliphatic carbocycles. The fourth-order valence-corrected chi connectivity index (χ4v) is 2.16. The van der Waals surface area contributed by atoms with E-state index in [1.54, 1.807) is 0 Å². The van der Waals surface area contributed by atoms with Crippen LogP contribution < -0.4 is 0 Å². The summed E-state index contributed by atoms with van der Waals surface area (Å²) in [4.78, 5) is 16.1. The van der Waals surface area contributed by atoms with Crippen LogP contribution in [0.3, 0.4) is 0 Å². The van der Waals surface area contributed by atoms with Crippen molar-refractivity contribution in [2.45, 2.75) is 38.6 Å². The van der Waals surface area contributed by atoms with Gasteiger partial charge in [-0.25, -0.2) is 4.98 Å². The minimum absolute atomic E-state index is 0.276. The summed E-state index contributed by atoms with van der Waals surface area (Å²) in [6, 6.07) is 0. The molecule has 2 heterocycles. The third-order valence-electron chi connectivity index (χ3n) is 3.17. The molecule has 0 saturated heterocycles. The smallest absolute Gasteiger partial charge is 0.201 e. The van der Waals surface area contributed by atoms with Crippen LogP contribution in [0.5, 0.6) is 0 Å². The normalized spacial score (nSPS) is 20.6. The molecule has 0 amide bonds. The van der Waals surface area contributed by atoms with E-state index in [1.165, 1.54) is 18.5 Å². The fourth-order valence-electron chi connectivity index (χ4n) is 2.16. The van der Waals surface area contributed by atoms with E-state index in [4.69, 9.17) is 0 Å². The summed E-state index contributed by atoms with van der Waals surface area (Å²) < 4.78 is 2.13. The van der Waals surface area contributed by atoms with Crippen LogP contribution in [0.4, 0.5) is 0 Å². The SMILES string of the molecule is O=C(c1ncc2n1CCCC2)C1CC1. The molecule has 0 N–H and O–H groups in total. The zero-order valence-electron chi connectivity index (χ0n) is 8.20. The minimum Gasteiger partial charge on any atom is -0.326 e. The molecule has 2 aliphatic rings. The minimum atomic E-state index is 0.276. The van der Waals surface area contributed by atoms with Gasteiger partial charge >= 0.3 is 0 Å². The quantitative estimate of drug-likeness (QED) is 0.667. The number of imidazole rings is 1. The van der Waals surface area contributed by atoms with Crippen LogP contribution in [0, 0.1) is 5.92 Å². The molecular weight excluding hydrogens is 176 g/mol. The monoisotopic (exact) mass is 190 g/mol. The first-order chi connectivity index (χ1) is 6.86. The lowest BCUT2D eigenvalue weighted by molar-refractivity contribution is 0.0952. The predicted octanol–water partition coefficient (Wildman–Crippen LogP) is 1.81. The molecule has 0 atom stereocenters. The number of fused-ring (bicyclic) bond motifs is 1. The van der Waals surface area contributed by atoms with E-state index >= 15 is 0 Å². The Labute approximate surface area is 83.1 Å². The van der Waals surface area contributed by atoms with Crippen molar-refractivity contribution in [2.75, 3.05) is 0 Å². The third-order valence-corrected chi connectivity index (χ3v) is 3.17. The number of Topliss-reactive ketones (excluding diaryl/α,β-unsaturated/α-hetero) is 1. The number of rotatable bonds is 2. The summed E-state index contributed by atoms with van der Waals surface area (Å²) in [6.07, 6.45) is 7.54. The van der Waals surface area contributed by atoms with Crippen LogP contribution in [0.15, 0.2) is 6.20 Å². The number of hydrogen-bond donors (Lipinski definition) is 0. The Morgan fingerprint density at radius 1 is 1.43 bits per heavy atom. The molecule has 1 saturated carbocycles. The molecule has 1 aromatic rings. The number of carbonyl (C=O) groups excluding carboxylic acids is 1. The number of hydrogen-bond acceptors (Lipinski definition) is 2. The molecule has 3 heteroatoms. The zero-order valence-corrected chi connectivity index (χ0v) is 8.20. The highest BCUT2D eigenvalue weighted by atomic mass is 16.1. The number of aromatic nitrogens is 2. The maximum Gasteiger partial charge on any atom is 0.201 e. The van der Waals surface area contributed by atoms with Crippen LogP contribution in [0.25, 0.3) is 0 Å². The summed E-state index contributed by atoms with van der Waals surface area (Å²) >= 11 is 0. The molecule has 3 nitrogen and oxygen atoms in total. The molecule has 0 bridgehead atoms.